The number of hydrogen-bond donors (Lipinski definition) is 0. The second-order valence-electron chi connectivity index (χ2n) is 2.14. The molecule has 0 aromatic rings. The van der Waals surface area contributed by atoms with Gasteiger partial charge in [0.1, 0.15) is 0 Å². The van der Waals surface area contributed by atoms with E-state index >= 15 is 0 Å². The Morgan fingerprint density at radius 2 is 1.92 bits per heavy atom. The molecule has 77 valence electrons. The quantitative estimate of drug-likeness (QED) is 0.722. The molecule has 0 N–H and O–H groups in total. The van der Waals surface area contributed by atoms with Gasteiger partial charge in [-0.2, -0.15) is 8.78 Å². The van der Waals surface area contributed by atoms with Gasteiger partial charge in [0, 0.05) is 44.8 Å². The van der Waals surface area contributed by atoms with E-state index in [0.29, 0.717) is 6.67 Å². The van der Waals surface area contributed by atoms with Crippen LogP contribution < -0.4 is 0 Å². The summed E-state index contributed by atoms with van der Waals surface area (Å²) in [6.07, 6.45) is 3.08. The van der Waals surface area contributed by atoms with E-state index in [1.807, 2.05) is 11.8 Å². The molecule has 1 radical (unpaired) electrons. The summed E-state index contributed by atoms with van der Waals surface area (Å²) < 4.78 is 23.8. The van der Waals surface area contributed by atoms with Crippen molar-refractivity contribution in [3.05, 3.63) is 12.4 Å². The molecule has 0 aromatic heterocycles. The Morgan fingerprint density at radius 1 is 1.38 bits per heavy atom. The Bertz CT molecular complexity index is 151. The zero-order valence-corrected chi connectivity index (χ0v) is 11.5. The molecular weight excluding hydrogens is 298 g/mol. The van der Waals surface area contributed by atoms with Crippen LogP contribution in [0.1, 0.15) is 6.92 Å². The van der Waals surface area contributed by atoms with Gasteiger partial charge in [0.15, 0.2) is 0 Å². The monoisotopic (exact) mass is 309 g/mol. The zero-order valence-electron chi connectivity index (χ0n) is 7.19. The van der Waals surface area contributed by atoms with E-state index in [1.165, 1.54) is 6.20 Å². The number of halogens is 4. The van der Waals surface area contributed by atoms with Crippen LogP contribution in [0.2, 0.25) is 0 Å². The maximum Gasteiger partial charge on any atom is 0.316 e. The summed E-state index contributed by atoms with van der Waals surface area (Å²) in [4.78, 5) is 2.80. The van der Waals surface area contributed by atoms with E-state index in [1.54, 1.807) is 6.20 Å². The normalized spacial score (nSPS) is 13.5. The van der Waals surface area contributed by atoms with E-state index < -0.39 is 6.55 Å². The summed E-state index contributed by atoms with van der Waals surface area (Å²) in [7, 11) is 0. The summed E-state index contributed by atoms with van der Waals surface area (Å²) in [5.41, 5.74) is 0. The molecular formula is C6H12BrClF2N2Sc. The van der Waals surface area contributed by atoms with Crippen LogP contribution in [0.5, 0.6) is 0 Å². The maximum atomic E-state index is 11.9. The van der Waals surface area contributed by atoms with Gasteiger partial charge in [-0.05, 0) is 6.92 Å². The molecule has 13 heavy (non-hydrogen) atoms. The minimum atomic E-state index is -2.37. The summed E-state index contributed by atoms with van der Waals surface area (Å²) in [6.45, 7) is 0.653. The molecule has 0 spiro atoms. The second kappa shape index (κ2) is 9.40. The predicted octanol–water partition coefficient (Wildman–Crippen LogP) is 2.27. The molecule has 1 rings (SSSR count). The first-order valence-corrected chi connectivity index (χ1v) is 3.20. The minimum Gasteiger partial charge on any atom is -0.359 e. The van der Waals surface area contributed by atoms with Gasteiger partial charge in [-0.1, -0.05) is 0 Å². The SMILES string of the molecule is Br.CCN1C=CN(C(F)F)C1.Cl.[Sc]. The van der Waals surface area contributed by atoms with Crippen molar-refractivity contribution in [2.24, 2.45) is 0 Å². The van der Waals surface area contributed by atoms with Crippen LogP contribution in [0.25, 0.3) is 0 Å². The average Bonchev–Trinajstić information content (AvgIpc) is 2.34. The van der Waals surface area contributed by atoms with Crippen molar-refractivity contribution in [2.75, 3.05) is 13.2 Å². The van der Waals surface area contributed by atoms with Crippen molar-refractivity contribution in [2.45, 2.75) is 13.5 Å². The van der Waals surface area contributed by atoms with E-state index in [0.717, 1.165) is 11.4 Å². The van der Waals surface area contributed by atoms with Crippen LogP contribution in [0, 0.1) is 0 Å². The maximum absolute atomic E-state index is 11.9. The smallest absolute Gasteiger partial charge is 0.316 e. The standard InChI is InChI=1S/C6H10F2N2.BrH.ClH.Sc/c1-2-9-3-4-10(5-9)6(7)8;;;/h3-4,6H,2,5H2,1H3;2*1H;. The third-order valence-corrected chi connectivity index (χ3v) is 1.47. The van der Waals surface area contributed by atoms with Crippen molar-refractivity contribution < 1.29 is 34.6 Å². The molecule has 0 bridgehead atoms. The van der Waals surface area contributed by atoms with Gasteiger partial charge in [0.2, 0.25) is 0 Å². The Labute approximate surface area is 112 Å². The number of rotatable bonds is 2. The van der Waals surface area contributed by atoms with Crippen molar-refractivity contribution in [1.29, 1.82) is 0 Å². The van der Waals surface area contributed by atoms with Crippen molar-refractivity contribution >= 4 is 29.4 Å². The average molecular weight is 310 g/mol. The van der Waals surface area contributed by atoms with Crippen LogP contribution in [0.4, 0.5) is 8.78 Å². The van der Waals surface area contributed by atoms with Crippen molar-refractivity contribution in [3.63, 3.8) is 0 Å². The molecule has 0 amide bonds. The second-order valence-corrected chi connectivity index (χ2v) is 2.14. The number of alkyl halides is 2. The molecule has 0 fully saturated rings. The van der Waals surface area contributed by atoms with Gasteiger partial charge in [-0.15, -0.1) is 29.4 Å². The molecule has 0 atom stereocenters. The summed E-state index contributed by atoms with van der Waals surface area (Å²) in [6, 6.07) is 0. The summed E-state index contributed by atoms with van der Waals surface area (Å²) >= 11 is 0. The molecule has 2 nitrogen and oxygen atoms in total. The van der Waals surface area contributed by atoms with Crippen molar-refractivity contribution in [1.82, 2.24) is 9.80 Å². The van der Waals surface area contributed by atoms with E-state index in [9.17, 15) is 8.78 Å². The first-order chi connectivity index (χ1) is 4.74. The number of hydrogen-bond acceptors (Lipinski definition) is 2. The molecule has 0 saturated carbocycles. The molecule has 1 heterocycles. The Morgan fingerprint density at radius 3 is 2.15 bits per heavy atom. The largest absolute Gasteiger partial charge is 0.359 e. The van der Waals surface area contributed by atoms with Gasteiger partial charge >= 0.3 is 6.55 Å². The van der Waals surface area contributed by atoms with Crippen molar-refractivity contribution in [3.8, 4) is 0 Å². The fourth-order valence-corrected chi connectivity index (χ4v) is 0.816. The molecule has 1 aliphatic heterocycles. The van der Waals surface area contributed by atoms with Gasteiger partial charge in [-0.25, -0.2) is 0 Å². The van der Waals surface area contributed by atoms with Gasteiger partial charge in [0.25, 0.3) is 0 Å². The molecule has 0 unspecified atom stereocenters. The zero-order chi connectivity index (χ0) is 7.56. The van der Waals surface area contributed by atoms with Crippen LogP contribution in [0.15, 0.2) is 12.4 Å². The first-order valence-electron chi connectivity index (χ1n) is 3.20. The molecule has 7 heteroatoms. The third kappa shape index (κ3) is 6.01. The third-order valence-electron chi connectivity index (χ3n) is 1.47. The molecule has 0 aliphatic carbocycles. The number of nitrogens with zero attached hydrogens (tertiary/aromatic N) is 2. The van der Waals surface area contributed by atoms with Crippen LogP contribution in [-0.4, -0.2) is 29.6 Å². The molecule has 0 saturated heterocycles. The topological polar surface area (TPSA) is 6.48 Å². The Kier molecular flexibility index (Phi) is 14.0. The van der Waals surface area contributed by atoms with Crippen LogP contribution in [-0.2, 0) is 25.8 Å². The van der Waals surface area contributed by atoms with Gasteiger partial charge in [-0.3, -0.25) is 0 Å². The summed E-state index contributed by atoms with van der Waals surface area (Å²) in [5, 5.41) is 0. The van der Waals surface area contributed by atoms with E-state index in [4.69, 9.17) is 0 Å². The summed E-state index contributed by atoms with van der Waals surface area (Å²) in [5.74, 6) is 0. The van der Waals surface area contributed by atoms with Crippen LogP contribution >= 0.6 is 29.4 Å². The van der Waals surface area contributed by atoms with Gasteiger partial charge in [0.05, 0.1) is 6.67 Å². The van der Waals surface area contributed by atoms with Crippen LogP contribution in [0.3, 0.4) is 0 Å². The molecule has 1 aliphatic rings. The predicted molar refractivity (Wildman–Crippen MR) is 51.8 cm³/mol. The minimum absolute atomic E-state index is 0. The fourth-order valence-electron chi connectivity index (χ4n) is 0.816. The Balaban J connectivity index is -0.000000333. The van der Waals surface area contributed by atoms with Gasteiger partial charge < -0.3 is 9.80 Å². The Hall–Kier alpha value is 0.840. The first kappa shape index (κ1) is 19.4. The molecule has 0 aromatic carbocycles. The fraction of sp³-hybridized carbons (Fsp3) is 0.667. The van der Waals surface area contributed by atoms with E-state index in [2.05, 4.69) is 0 Å². The van der Waals surface area contributed by atoms with E-state index in [-0.39, 0.29) is 55.2 Å².